The van der Waals surface area contributed by atoms with Crippen molar-refractivity contribution < 1.29 is 23.1 Å². The molecule has 0 amide bonds. The molecule has 0 aromatic heterocycles. The van der Waals surface area contributed by atoms with Gasteiger partial charge in [-0.3, -0.25) is 9.59 Å². The van der Waals surface area contributed by atoms with Gasteiger partial charge in [0.25, 0.3) is 0 Å². The van der Waals surface area contributed by atoms with Crippen LogP contribution in [0.4, 0.5) is 8.78 Å². The van der Waals surface area contributed by atoms with Crippen molar-refractivity contribution in [2.75, 3.05) is 7.11 Å². The van der Waals surface area contributed by atoms with Gasteiger partial charge in [0.1, 0.15) is 6.17 Å². The zero-order valence-corrected chi connectivity index (χ0v) is 19.0. The maximum Gasteiger partial charge on any atom is 0.305 e. The van der Waals surface area contributed by atoms with Crippen LogP contribution in [0.5, 0.6) is 0 Å². The Morgan fingerprint density at radius 2 is 1.77 bits per heavy atom. The lowest BCUT2D eigenvalue weighted by Crippen LogP contribution is -2.61. The highest BCUT2D eigenvalue weighted by Gasteiger charge is 2.65. The number of methoxy groups -OCH3 is 1. The van der Waals surface area contributed by atoms with E-state index in [1.165, 1.54) is 7.11 Å². The second-order valence-corrected chi connectivity index (χ2v) is 11.3. The Morgan fingerprint density at radius 3 is 2.47 bits per heavy atom. The number of ether oxygens (including phenoxy) is 1. The first-order valence-electron chi connectivity index (χ1n) is 12.0. The van der Waals surface area contributed by atoms with E-state index in [4.69, 9.17) is 4.74 Å². The lowest BCUT2D eigenvalue weighted by Gasteiger charge is -2.61. The Balaban J connectivity index is 1.57. The summed E-state index contributed by atoms with van der Waals surface area (Å²) in [5.74, 6) is 0.0683. The van der Waals surface area contributed by atoms with E-state index in [9.17, 15) is 14.0 Å². The molecule has 0 heterocycles. The summed E-state index contributed by atoms with van der Waals surface area (Å²) in [6.07, 6.45) is 4.25. The number of esters is 1. The van der Waals surface area contributed by atoms with Gasteiger partial charge >= 0.3 is 5.97 Å². The minimum atomic E-state index is -1.44. The number of rotatable bonds is 4. The standard InChI is InChI=1S/C25H38F2O3/c1-14(5-8-20(28)30-4)16-6-7-17-21-18(10-12-24(16,17)2)25(3)11-9-15(26)13-19(25)23(29)22(21)27/h14-19,21-22H,5-13H2,1-4H3/t14-,15+,16-,17+,18+,19-,21+,22+,24-,25-/m1/s1. The number of alkyl halides is 2. The number of carbonyl (C=O) groups excluding carboxylic acids is 2. The fourth-order valence-corrected chi connectivity index (χ4v) is 8.55. The van der Waals surface area contributed by atoms with Gasteiger partial charge in [-0.25, -0.2) is 8.78 Å². The van der Waals surface area contributed by atoms with Crippen LogP contribution < -0.4 is 0 Å². The highest BCUT2D eigenvalue weighted by molar-refractivity contribution is 5.87. The average Bonchev–Trinajstić information content (AvgIpc) is 3.08. The van der Waals surface area contributed by atoms with Gasteiger partial charge in [0.05, 0.1) is 7.11 Å². The van der Waals surface area contributed by atoms with Crippen LogP contribution in [-0.2, 0) is 14.3 Å². The van der Waals surface area contributed by atoms with Crippen molar-refractivity contribution in [1.82, 2.24) is 0 Å². The molecule has 4 aliphatic carbocycles. The van der Waals surface area contributed by atoms with Gasteiger partial charge in [0.15, 0.2) is 12.0 Å². The monoisotopic (exact) mass is 424 g/mol. The van der Waals surface area contributed by atoms with Crippen molar-refractivity contribution in [2.24, 2.45) is 46.3 Å². The SMILES string of the molecule is COC(=O)CC[C@@H](C)[C@H]1CC[C@H]2[C@@H]3[C@H](F)C(=O)[C@H]4C[C@@H](F)CC[C@]4(C)[C@H]3CC[C@]12C. The van der Waals surface area contributed by atoms with Crippen molar-refractivity contribution >= 4 is 11.8 Å². The van der Waals surface area contributed by atoms with Gasteiger partial charge in [0, 0.05) is 18.3 Å². The van der Waals surface area contributed by atoms with E-state index in [0.717, 1.165) is 32.1 Å². The molecule has 0 aromatic rings. The van der Waals surface area contributed by atoms with Crippen LogP contribution >= 0.6 is 0 Å². The summed E-state index contributed by atoms with van der Waals surface area (Å²) in [7, 11) is 1.42. The quantitative estimate of drug-likeness (QED) is 0.544. The third-order valence-electron chi connectivity index (χ3n) is 10.2. The van der Waals surface area contributed by atoms with E-state index in [2.05, 4.69) is 20.8 Å². The zero-order chi connectivity index (χ0) is 21.8. The van der Waals surface area contributed by atoms with E-state index in [0.29, 0.717) is 31.1 Å². The maximum atomic E-state index is 15.7. The Bertz CT molecular complexity index is 696. The number of hydrogen-bond acceptors (Lipinski definition) is 3. The first kappa shape index (κ1) is 22.2. The van der Waals surface area contributed by atoms with Crippen LogP contribution in [0.15, 0.2) is 0 Å². The summed E-state index contributed by atoms with van der Waals surface area (Å²) >= 11 is 0. The predicted octanol–water partition coefficient (Wildman–Crippen LogP) is 5.70. The van der Waals surface area contributed by atoms with Gasteiger partial charge in [-0.1, -0.05) is 20.8 Å². The number of halogens is 2. The van der Waals surface area contributed by atoms with Gasteiger partial charge in [-0.15, -0.1) is 0 Å². The molecule has 4 saturated carbocycles. The molecule has 3 nitrogen and oxygen atoms in total. The van der Waals surface area contributed by atoms with Crippen LogP contribution in [0.3, 0.4) is 0 Å². The van der Waals surface area contributed by atoms with Crippen molar-refractivity contribution in [1.29, 1.82) is 0 Å². The molecular formula is C25H38F2O3. The van der Waals surface area contributed by atoms with Gasteiger partial charge in [0.2, 0.25) is 0 Å². The van der Waals surface area contributed by atoms with Gasteiger partial charge in [-0.05, 0) is 85.9 Å². The summed E-state index contributed by atoms with van der Waals surface area (Å²) < 4.78 is 34.6. The minimum absolute atomic E-state index is 0.0157. The normalized spacial score (nSPS) is 49.0. The second kappa shape index (κ2) is 7.85. The van der Waals surface area contributed by atoms with Crippen molar-refractivity contribution in [3.8, 4) is 0 Å². The van der Waals surface area contributed by atoms with E-state index in [1.807, 2.05) is 0 Å². The van der Waals surface area contributed by atoms with Crippen molar-refractivity contribution in [2.45, 2.75) is 90.9 Å². The molecule has 30 heavy (non-hydrogen) atoms. The summed E-state index contributed by atoms with van der Waals surface area (Å²) in [6, 6.07) is 0. The maximum absolute atomic E-state index is 15.7. The highest BCUT2D eigenvalue weighted by Crippen LogP contribution is 2.68. The molecule has 0 spiro atoms. The fraction of sp³-hybridized carbons (Fsp3) is 0.920. The molecule has 0 unspecified atom stereocenters. The smallest absolute Gasteiger partial charge is 0.305 e. The van der Waals surface area contributed by atoms with Gasteiger partial charge in [-0.2, -0.15) is 0 Å². The molecule has 10 atom stereocenters. The lowest BCUT2D eigenvalue weighted by atomic mass is 9.43. The zero-order valence-electron chi connectivity index (χ0n) is 19.0. The Kier molecular flexibility index (Phi) is 5.81. The van der Waals surface area contributed by atoms with E-state index >= 15 is 4.39 Å². The Morgan fingerprint density at radius 1 is 1.10 bits per heavy atom. The Hall–Kier alpha value is -1.00. The lowest BCUT2D eigenvalue weighted by molar-refractivity contribution is -0.173. The molecule has 170 valence electrons. The van der Waals surface area contributed by atoms with E-state index in [-0.39, 0.29) is 46.8 Å². The minimum Gasteiger partial charge on any atom is -0.469 e. The van der Waals surface area contributed by atoms with Crippen molar-refractivity contribution in [3.63, 3.8) is 0 Å². The van der Waals surface area contributed by atoms with Crippen molar-refractivity contribution in [3.05, 3.63) is 0 Å². The van der Waals surface area contributed by atoms with Crippen LogP contribution in [0.2, 0.25) is 0 Å². The molecule has 0 bridgehead atoms. The van der Waals surface area contributed by atoms with Crippen LogP contribution in [-0.4, -0.2) is 31.2 Å². The van der Waals surface area contributed by atoms with E-state index in [1.54, 1.807) is 0 Å². The number of hydrogen-bond donors (Lipinski definition) is 0. The molecule has 4 fully saturated rings. The van der Waals surface area contributed by atoms with Crippen LogP contribution in [0.1, 0.15) is 78.6 Å². The molecule has 0 saturated heterocycles. The summed E-state index contributed by atoms with van der Waals surface area (Å²) in [6.45, 7) is 6.68. The summed E-state index contributed by atoms with van der Waals surface area (Å²) in [5.41, 5.74) is -0.231. The van der Waals surface area contributed by atoms with Crippen LogP contribution in [0.25, 0.3) is 0 Å². The van der Waals surface area contributed by atoms with E-state index < -0.39 is 18.3 Å². The largest absolute Gasteiger partial charge is 0.469 e. The molecule has 0 N–H and O–H groups in total. The molecular weight excluding hydrogens is 386 g/mol. The average molecular weight is 425 g/mol. The number of fused-ring (bicyclic) bond motifs is 5. The Labute approximate surface area is 179 Å². The number of Topliss-reactive ketones (excluding diaryl/α,β-unsaturated/α-hetero) is 1. The first-order chi connectivity index (χ1) is 14.1. The predicted molar refractivity (Wildman–Crippen MR) is 111 cm³/mol. The fourth-order valence-electron chi connectivity index (χ4n) is 8.55. The number of ketones is 1. The molecule has 4 aliphatic rings. The topological polar surface area (TPSA) is 43.4 Å². The summed E-state index contributed by atoms with van der Waals surface area (Å²) in [5, 5.41) is 0. The van der Waals surface area contributed by atoms with Crippen LogP contribution in [0, 0.1) is 46.3 Å². The summed E-state index contributed by atoms with van der Waals surface area (Å²) in [4.78, 5) is 24.7. The molecule has 4 rings (SSSR count). The third-order valence-corrected chi connectivity index (χ3v) is 10.2. The van der Waals surface area contributed by atoms with Gasteiger partial charge < -0.3 is 4.74 Å². The third kappa shape index (κ3) is 3.24. The number of carbonyl (C=O) groups is 2. The first-order valence-corrected chi connectivity index (χ1v) is 12.0. The molecule has 0 radical (unpaired) electrons. The molecule has 0 aromatic carbocycles. The second-order valence-electron chi connectivity index (χ2n) is 11.3. The highest BCUT2D eigenvalue weighted by atomic mass is 19.1. The molecule has 5 heteroatoms. The molecule has 0 aliphatic heterocycles.